The number of fused-ring (bicyclic) bond motifs is 3. The Morgan fingerprint density at radius 2 is 1.79 bits per heavy atom. The summed E-state index contributed by atoms with van der Waals surface area (Å²) in [6, 6.07) is 15.8. The third-order valence-corrected chi connectivity index (χ3v) is 6.43. The molecule has 98 valence electrons. The van der Waals surface area contributed by atoms with Gasteiger partial charge >= 0.3 is 0 Å². The van der Waals surface area contributed by atoms with E-state index >= 15 is 0 Å². The predicted molar refractivity (Wildman–Crippen MR) is 84.8 cm³/mol. The van der Waals surface area contributed by atoms with Crippen LogP contribution in [-0.2, 0) is 0 Å². The molecule has 2 aromatic carbocycles. The number of thioether (sulfide) groups is 1. The summed E-state index contributed by atoms with van der Waals surface area (Å²) in [4.78, 5) is 0. The van der Waals surface area contributed by atoms with E-state index in [2.05, 4.69) is 60.5 Å². The molecule has 4 rings (SSSR count). The Kier molecular flexibility index (Phi) is 2.84. The lowest BCUT2D eigenvalue weighted by Gasteiger charge is -2.29. The second kappa shape index (κ2) is 4.56. The van der Waals surface area contributed by atoms with Gasteiger partial charge in [-0.05, 0) is 59.6 Å². The summed E-state index contributed by atoms with van der Waals surface area (Å²) >= 11 is 2.10. The first-order chi connectivity index (χ1) is 9.36. The molecule has 0 heterocycles. The van der Waals surface area contributed by atoms with Gasteiger partial charge in [0.1, 0.15) is 0 Å². The molecular weight excluding hydrogens is 248 g/mol. The van der Waals surface area contributed by atoms with Crippen LogP contribution in [-0.4, -0.2) is 11.5 Å². The van der Waals surface area contributed by atoms with E-state index in [1.807, 2.05) is 0 Å². The Hall–Kier alpha value is -0.950. The molecule has 2 bridgehead atoms. The highest BCUT2D eigenvalue weighted by molar-refractivity contribution is 7.99. The van der Waals surface area contributed by atoms with Gasteiger partial charge in [-0.25, -0.2) is 0 Å². The maximum atomic E-state index is 2.38. The highest BCUT2D eigenvalue weighted by atomic mass is 32.2. The molecule has 2 aliphatic carbocycles. The fourth-order valence-electron chi connectivity index (χ4n) is 4.49. The minimum Gasteiger partial charge on any atom is -0.162 e. The van der Waals surface area contributed by atoms with Crippen LogP contribution in [0.15, 0.2) is 42.5 Å². The monoisotopic (exact) mass is 268 g/mol. The minimum atomic E-state index is 0.808. The van der Waals surface area contributed by atoms with Gasteiger partial charge in [-0.2, -0.15) is 11.8 Å². The summed E-state index contributed by atoms with van der Waals surface area (Å²) < 4.78 is 0. The number of rotatable bonds is 2. The van der Waals surface area contributed by atoms with Crippen LogP contribution in [0.5, 0.6) is 0 Å². The zero-order valence-electron chi connectivity index (χ0n) is 11.4. The van der Waals surface area contributed by atoms with Gasteiger partial charge in [0.15, 0.2) is 0 Å². The molecule has 2 aromatic rings. The fraction of sp³-hybridized carbons (Fsp3) is 0.444. The van der Waals surface area contributed by atoms with Crippen molar-refractivity contribution in [3.63, 3.8) is 0 Å². The zero-order valence-corrected chi connectivity index (χ0v) is 12.2. The van der Waals surface area contributed by atoms with Gasteiger partial charge in [-0.1, -0.05) is 42.5 Å². The molecule has 0 aliphatic heterocycles. The normalized spacial score (nSPS) is 33.1. The molecule has 0 saturated heterocycles. The van der Waals surface area contributed by atoms with E-state index in [1.54, 1.807) is 5.56 Å². The Labute approximate surface area is 119 Å². The van der Waals surface area contributed by atoms with Crippen molar-refractivity contribution in [2.24, 2.45) is 11.8 Å². The average molecular weight is 268 g/mol. The van der Waals surface area contributed by atoms with E-state index in [0.717, 1.165) is 23.0 Å². The molecule has 0 aromatic heterocycles. The number of hydrogen-bond donors (Lipinski definition) is 0. The number of benzene rings is 2. The van der Waals surface area contributed by atoms with Gasteiger partial charge in [-0.15, -0.1) is 0 Å². The molecular formula is C18H20S. The summed E-state index contributed by atoms with van der Waals surface area (Å²) in [5, 5.41) is 3.80. The third-order valence-electron chi connectivity index (χ3n) is 5.28. The molecule has 0 N–H and O–H groups in total. The molecule has 0 amide bonds. The highest BCUT2D eigenvalue weighted by Gasteiger charge is 2.46. The lowest BCUT2D eigenvalue weighted by Crippen LogP contribution is -2.20. The van der Waals surface area contributed by atoms with E-state index in [9.17, 15) is 0 Å². The van der Waals surface area contributed by atoms with Crippen molar-refractivity contribution in [3.8, 4) is 0 Å². The smallest absolute Gasteiger partial charge is 0.00811 e. The van der Waals surface area contributed by atoms with Crippen molar-refractivity contribution in [2.45, 2.75) is 30.4 Å². The van der Waals surface area contributed by atoms with Crippen LogP contribution in [0.25, 0.3) is 10.8 Å². The third kappa shape index (κ3) is 1.82. The van der Waals surface area contributed by atoms with Crippen molar-refractivity contribution >= 4 is 22.5 Å². The molecule has 1 heteroatoms. The van der Waals surface area contributed by atoms with Crippen LogP contribution in [0.1, 0.15) is 30.7 Å². The van der Waals surface area contributed by atoms with E-state index in [0.29, 0.717) is 0 Å². The van der Waals surface area contributed by atoms with Crippen LogP contribution in [0.2, 0.25) is 0 Å². The Bertz CT molecular complexity index is 598. The van der Waals surface area contributed by atoms with E-state index < -0.39 is 0 Å². The molecule has 0 radical (unpaired) electrons. The zero-order chi connectivity index (χ0) is 12.8. The fourth-order valence-corrected chi connectivity index (χ4v) is 5.60. The quantitative estimate of drug-likeness (QED) is 0.731. The Morgan fingerprint density at radius 3 is 2.63 bits per heavy atom. The van der Waals surface area contributed by atoms with Crippen molar-refractivity contribution in [1.82, 2.24) is 0 Å². The van der Waals surface area contributed by atoms with Crippen LogP contribution < -0.4 is 0 Å². The van der Waals surface area contributed by atoms with Gasteiger partial charge in [0.2, 0.25) is 0 Å². The lowest BCUT2D eigenvalue weighted by molar-refractivity contribution is 0.433. The van der Waals surface area contributed by atoms with E-state index in [4.69, 9.17) is 0 Å². The Balaban J connectivity index is 1.79. The van der Waals surface area contributed by atoms with Gasteiger partial charge in [-0.3, -0.25) is 0 Å². The molecule has 0 spiro atoms. The second-order valence-electron chi connectivity index (χ2n) is 6.19. The maximum absolute atomic E-state index is 2.38. The average Bonchev–Trinajstić information content (AvgIpc) is 3.06. The van der Waals surface area contributed by atoms with Gasteiger partial charge in [0, 0.05) is 5.25 Å². The number of hydrogen-bond acceptors (Lipinski definition) is 1. The summed E-state index contributed by atoms with van der Waals surface area (Å²) in [7, 11) is 0. The first-order valence-electron chi connectivity index (χ1n) is 7.37. The largest absolute Gasteiger partial charge is 0.162 e. The molecule has 19 heavy (non-hydrogen) atoms. The minimum absolute atomic E-state index is 0.808. The van der Waals surface area contributed by atoms with Crippen molar-refractivity contribution in [1.29, 1.82) is 0 Å². The molecule has 4 atom stereocenters. The molecule has 0 nitrogen and oxygen atoms in total. The molecule has 2 saturated carbocycles. The van der Waals surface area contributed by atoms with Crippen molar-refractivity contribution < 1.29 is 0 Å². The maximum Gasteiger partial charge on any atom is 0.00811 e. The molecule has 0 unspecified atom stereocenters. The first-order valence-corrected chi connectivity index (χ1v) is 8.66. The van der Waals surface area contributed by atoms with Gasteiger partial charge < -0.3 is 0 Å². The summed E-state index contributed by atoms with van der Waals surface area (Å²) in [5.41, 5.74) is 1.62. The standard InChI is InChI=1S/C18H20S/c1-19-18-11-12-9-16(17(18)10-12)15-8-4-6-13-5-2-3-7-14(13)15/h2-8,12,16-18H,9-11H2,1H3/t12-,16-,17-,18+/m1/s1. The topological polar surface area (TPSA) is 0 Å². The summed E-state index contributed by atoms with van der Waals surface area (Å²) in [6.07, 6.45) is 6.66. The van der Waals surface area contributed by atoms with Gasteiger partial charge in [0.05, 0.1) is 0 Å². The first kappa shape index (κ1) is 11.8. The molecule has 2 fully saturated rings. The second-order valence-corrected chi connectivity index (χ2v) is 7.26. The van der Waals surface area contributed by atoms with Crippen LogP contribution >= 0.6 is 11.8 Å². The summed E-state index contributed by atoms with van der Waals surface area (Å²) in [5.74, 6) is 2.72. The SMILES string of the molecule is CS[C@H]1C[C@H]2C[C@@H]1[C@@H](c1cccc3ccccc13)C2. The van der Waals surface area contributed by atoms with Crippen LogP contribution in [0.3, 0.4) is 0 Å². The van der Waals surface area contributed by atoms with Crippen LogP contribution in [0.4, 0.5) is 0 Å². The van der Waals surface area contributed by atoms with Gasteiger partial charge in [0.25, 0.3) is 0 Å². The van der Waals surface area contributed by atoms with Crippen LogP contribution in [0, 0.1) is 11.8 Å². The summed E-state index contributed by atoms with van der Waals surface area (Å²) in [6.45, 7) is 0. The van der Waals surface area contributed by atoms with Crippen molar-refractivity contribution in [2.75, 3.05) is 6.26 Å². The van der Waals surface area contributed by atoms with E-state index in [1.165, 1.54) is 30.0 Å². The molecule has 2 aliphatic rings. The van der Waals surface area contributed by atoms with E-state index in [-0.39, 0.29) is 0 Å². The highest BCUT2D eigenvalue weighted by Crippen LogP contribution is 2.56. The predicted octanol–water partition coefficient (Wildman–Crippen LogP) is 5.08. The Morgan fingerprint density at radius 1 is 0.947 bits per heavy atom. The lowest BCUT2D eigenvalue weighted by atomic mass is 9.81. The van der Waals surface area contributed by atoms with Crippen molar-refractivity contribution in [3.05, 3.63) is 48.0 Å².